The predicted octanol–water partition coefficient (Wildman–Crippen LogP) is 2.09. The summed E-state index contributed by atoms with van der Waals surface area (Å²) in [5.74, 6) is 0.861. The quantitative estimate of drug-likeness (QED) is 0.594. The second-order valence-corrected chi connectivity index (χ2v) is 4.52. The van der Waals surface area contributed by atoms with Crippen LogP contribution >= 0.6 is 0 Å². The van der Waals surface area contributed by atoms with Crippen LogP contribution in [-0.2, 0) is 4.74 Å². The van der Waals surface area contributed by atoms with E-state index in [4.69, 9.17) is 9.47 Å². The highest BCUT2D eigenvalue weighted by atomic mass is 16.6. The van der Waals surface area contributed by atoms with Gasteiger partial charge in [-0.25, -0.2) is 0 Å². The van der Waals surface area contributed by atoms with E-state index in [2.05, 4.69) is 0 Å². The lowest BCUT2D eigenvalue weighted by Crippen LogP contribution is -2.21. The summed E-state index contributed by atoms with van der Waals surface area (Å²) in [6.07, 6.45) is 0.885. The lowest BCUT2D eigenvalue weighted by molar-refractivity contribution is -0.484. The molecule has 1 heterocycles. The van der Waals surface area contributed by atoms with Gasteiger partial charge in [-0.05, 0) is 30.0 Å². The minimum atomic E-state index is -0.248. The molecule has 0 radical (unpaired) electrons. The Morgan fingerprint density at radius 2 is 2.44 bits per heavy atom. The molecule has 0 aromatic heterocycles. The van der Waals surface area contributed by atoms with E-state index in [1.54, 1.807) is 7.11 Å². The topological polar surface area (TPSA) is 61.6 Å². The monoisotopic (exact) mass is 251 g/mol. The third-order valence-corrected chi connectivity index (χ3v) is 3.40. The van der Waals surface area contributed by atoms with Gasteiger partial charge in [-0.3, -0.25) is 10.1 Å². The van der Waals surface area contributed by atoms with Crippen LogP contribution in [0.25, 0.3) is 0 Å². The Balaban J connectivity index is 2.23. The molecule has 98 valence electrons. The van der Waals surface area contributed by atoms with Crippen molar-refractivity contribution in [3.05, 3.63) is 39.9 Å². The maximum atomic E-state index is 10.8. The molecule has 1 aromatic carbocycles. The molecule has 0 N–H and O–H groups in total. The van der Waals surface area contributed by atoms with E-state index in [1.807, 2.05) is 24.3 Å². The van der Waals surface area contributed by atoms with E-state index in [9.17, 15) is 10.1 Å². The average Bonchev–Trinajstić information content (AvgIpc) is 2.89. The lowest BCUT2D eigenvalue weighted by Gasteiger charge is -2.19. The normalized spacial score (nSPS) is 20.6. The molecule has 1 saturated heterocycles. The zero-order chi connectivity index (χ0) is 13.0. The first kappa shape index (κ1) is 12.8. The molecule has 0 aliphatic carbocycles. The number of benzene rings is 1. The van der Waals surface area contributed by atoms with Crippen molar-refractivity contribution in [2.75, 3.05) is 26.9 Å². The molecule has 0 saturated carbocycles. The van der Waals surface area contributed by atoms with Crippen LogP contribution < -0.4 is 4.74 Å². The van der Waals surface area contributed by atoms with Gasteiger partial charge in [-0.15, -0.1) is 0 Å². The number of ether oxygens (including phenoxy) is 2. The first-order valence-electron chi connectivity index (χ1n) is 6.04. The van der Waals surface area contributed by atoms with Crippen LogP contribution in [0.3, 0.4) is 0 Å². The van der Waals surface area contributed by atoms with Gasteiger partial charge in [0.1, 0.15) is 5.75 Å². The summed E-state index contributed by atoms with van der Waals surface area (Å²) in [5.41, 5.74) is 0.960. The molecular weight excluding hydrogens is 234 g/mol. The van der Waals surface area contributed by atoms with Gasteiger partial charge >= 0.3 is 0 Å². The average molecular weight is 251 g/mol. The molecule has 0 spiro atoms. The van der Waals surface area contributed by atoms with Crippen LogP contribution in [0, 0.1) is 16.0 Å². The number of rotatable bonds is 5. The van der Waals surface area contributed by atoms with Crippen LogP contribution in [-0.4, -0.2) is 31.8 Å². The van der Waals surface area contributed by atoms with Crippen molar-refractivity contribution < 1.29 is 14.4 Å². The van der Waals surface area contributed by atoms with Gasteiger partial charge in [0.15, 0.2) is 0 Å². The van der Waals surface area contributed by atoms with Crippen molar-refractivity contribution in [2.24, 2.45) is 5.92 Å². The molecule has 5 nitrogen and oxygen atoms in total. The third kappa shape index (κ3) is 2.98. The molecule has 18 heavy (non-hydrogen) atoms. The summed E-state index contributed by atoms with van der Waals surface area (Å²) in [6.45, 7) is 1.25. The minimum absolute atomic E-state index is 0.0544. The summed E-state index contributed by atoms with van der Waals surface area (Å²) >= 11 is 0. The molecule has 1 aromatic rings. The zero-order valence-electron chi connectivity index (χ0n) is 10.4. The Labute approximate surface area is 106 Å². The summed E-state index contributed by atoms with van der Waals surface area (Å²) in [7, 11) is 1.60. The van der Waals surface area contributed by atoms with Crippen molar-refractivity contribution in [3.63, 3.8) is 0 Å². The fraction of sp³-hybridized carbons (Fsp3) is 0.538. The van der Waals surface area contributed by atoms with Crippen molar-refractivity contribution in [3.8, 4) is 5.75 Å². The van der Waals surface area contributed by atoms with Gasteiger partial charge in [0.2, 0.25) is 6.54 Å². The molecule has 0 amide bonds. The SMILES string of the molecule is COc1cccc([C@H](C[N+](=O)[O-])[C@@H]2CCOC2)c1. The highest BCUT2D eigenvalue weighted by molar-refractivity contribution is 5.31. The highest BCUT2D eigenvalue weighted by Crippen LogP contribution is 2.32. The molecule has 1 aliphatic rings. The fourth-order valence-corrected chi connectivity index (χ4v) is 2.43. The minimum Gasteiger partial charge on any atom is -0.497 e. The summed E-state index contributed by atoms with van der Waals surface area (Å²) in [4.78, 5) is 10.6. The van der Waals surface area contributed by atoms with E-state index >= 15 is 0 Å². The molecule has 5 heteroatoms. The number of nitro groups is 1. The van der Waals surface area contributed by atoms with Gasteiger partial charge in [0.25, 0.3) is 0 Å². The van der Waals surface area contributed by atoms with Crippen molar-refractivity contribution in [2.45, 2.75) is 12.3 Å². The van der Waals surface area contributed by atoms with E-state index in [1.165, 1.54) is 0 Å². The van der Waals surface area contributed by atoms with Crippen LogP contribution in [0.15, 0.2) is 24.3 Å². The summed E-state index contributed by atoms with van der Waals surface area (Å²) in [5, 5.41) is 10.8. The molecule has 1 fully saturated rings. The molecule has 1 aliphatic heterocycles. The second kappa shape index (κ2) is 5.82. The van der Waals surface area contributed by atoms with E-state index in [0.29, 0.717) is 13.2 Å². The zero-order valence-corrected chi connectivity index (χ0v) is 10.4. The fourth-order valence-electron chi connectivity index (χ4n) is 2.43. The molecule has 0 bridgehead atoms. The standard InChI is InChI=1S/C13H17NO4/c1-17-12-4-2-3-10(7-12)13(8-14(15)16)11-5-6-18-9-11/h2-4,7,11,13H,5-6,8-9H2,1H3/t11-,13+/m1/s1. The Hall–Kier alpha value is -1.62. The number of hydrogen-bond acceptors (Lipinski definition) is 4. The molecule has 2 atom stereocenters. The first-order valence-corrected chi connectivity index (χ1v) is 6.04. The van der Waals surface area contributed by atoms with Gasteiger partial charge in [-0.2, -0.15) is 0 Å². The Bertz CT molecular complexity index is 415. The third-order valence-electron chi connectivity index (χ3n) is 3.40. The first-order chi connectivity index (χ1) is 8.70. The van der Waals surface area contributed by atoms with Gasteiger partial charge < -0.3 is 9.47 Å². The highest BCUT2D eigenvalue weighted by Gasteiger charge is 2.31. The number of hydrogen-bond donors (Lipinski definition) is 0. The molecular formula is C13H17NO4. The van der Waals surface area contributed by atoms with Crippen molar-refractivity contribution in [1.29, 1.82) is 0 Å². The smallest absolute Gasteiger partial charge is 0.211 e. The van der Waals surface area contributed by atoms with Crippen LogP contribution in [0.1, 0.15) is 17.9 Å². The van der Waals surface area contributed by atoms with Gasteiger partial charge in [-0.1, -0.05) is 12.1 Å². The predicted molar refractivity (Wildman–Crippen MR) is 66.5 cm³/mol. The maximum absolute atomic E-state index is 10.8. The van der Waals surface area contributed by atoms with E-state index in [0.717, 1.165) is 17.7 Å². The Morgan fingerprint density at radius 1 is 1.61 bits per heavy atom. The summed E-state index contributed by atoms with van der Waals surface area (Å²) in [6, 6.07) is 7.52. The largest absolute Gasteiger partial charge is 0.497 e. The van der Waals surface area contributed by atoms with E-state index < -0.39 is 0 Å². The van der Waals surface area contributed by atoms with Gasteiger partial charge in [0, 0.05) is 11.5 Å². The number of methoxy groups -OCH3 is 1. The van der Waals surface area contributed by atoms with Crippen molar-refractivity contribution >= 4 is 0 Å². The van der Waals surface area contributed by atoms with Crippen LogP contribution in [0.5, 0.6) is 5.75 Å². The number of nitrogens with zero attached hydrogens (tertiary/aromatic N) is 1. The Kier molecular flexibility index (Phi) is 4.15. The van der Waals surface area contributed by atoms with Gasteiger partial charge in [0.05, 0.1) is 19.6 Å². The van der Waals surface area contributed by atoms with Crippen LogP contribution in [0.2, 0.25) is 0 Å². The second-order valence-electron chi connectivity index (χ2n) is 4.52. The molecule has 0 unspecified atom stereocenters. The Morgan fingerprint density at radius 3 is 3.06 bits per heavy atom. The van der Waals surface area contributed by atoms with E-state index in [-0.39, 0.29) is 23.3 Å². The summed E-state index contributed by atoms with van der Waals surface area (Å²) < 4.78 is 10.5. The lowest BCUT2D eigenvalue weighted by atomic mass is 9.85. The van der Waals surface area contributed by atoms with Crippen molar-refractivity contribution in [1.82, 2.24) is 0 Å². The maximum Gasteiger partial charge on any atom is 0.211 e. The van der Waals surface area contributed by atoms with Crippen LogP contribution in [0.4, 0.5) is 0 Å². The molecule has 2 rings (SSSR count).